The lowest BCUT2D eigenvalue weighted by atomic mass is 10.1. The molecule has 0 saturated carbocycles. The van der Waals surface area contributed by atoms with Gasteiger partial charge in [-0.05, 0) is 0 Å². The lowest BCUT2D eigenvalue weighted by molar-refractivity contribution is -0.127. The summed E-state index contributed by atoms with van der Waals surface area (Å²) in [5, 5.41) is 34.1. The van der Waals surface area contributed by atoms with Crippen molar-refractivity contribution in [2.45, 2.75) is 18.3 Å². The Kier molecular flexibility index (Phi) is 9.81. The maximum Gasteiger partial charge on any atom is 0.478 e. The number of aldehydes is 1. The number of hydrogen-bond donors (Lipinski definition) is 8. The van der Waals surface area contributed by atoms with Gasteiger partial charge in [0, 0.05) is 0 Å². The van der Waals surface area contributed by atoms with E-state index in [1.807, 2.05) is 0 Å². The smallest absolute Gasteiger partial charge is 0.394 e. The Balaban J connectivity index is 0. The Morgan fingerprint density at radius 3 is 1.53 bits per heavy atom. The van der Waals surface area contributed by atoms with E-state index < -0.39 is 40.6 Å². The van der Waals surface area contributed by atoms with Crippen LogP contribution in [0, 0.1) is 0 Å². The third-order valence-electron chi connectivity index (χ3n) is 1.28. The molecule has 0 saturated heterocycles. The van der Waals surface area contributed by atoms with Crippen LogP contribution in [0.1, 0.15) is 0 Å². The number of hydrogen-bond acceptors (Lipinski definition) is 8. The van der Waals surface area contributed by atoms with Gasteiger partial charge in [0.05, 0.1) is 6.61 Å². The Hall–Kier alpha value is -0.230. The molecule has 116 valence electrons. The van der Waals surface area contributed by atoms with E-state index in [1.165, 1.54) is 0 Å². The second-order valence-electron chi connectivity index (χ2n) is 2.93. The SMILES string of the molecule is O=C[C@@H](O)[C@H](O)[C@H](O)CO.O=P(O)(O)OP(=O)(O)O. The van der Waals surface area contributed by atoms with Gasteiger partial charge in [-0.15, -0.1) is 0 Å². The molecule has 8 N–H and O–H groups in total. The lowest BCUT2D eigenvalue weighted by Crippen LogP contribution is -2.40. The summed E-state index contributed by atoms with van der Waals surface area (Å²) in [5.41, 5.74) is 0. The molecular formula is C5H14O12P2. The Morgan fingerprint density at radius 1 is 1.00 bits per heavy atom. The summed E-state index contributed by atoms with van der Waals surface area (Å²) < 4.78 is 22.2. The van der Waals surface area contributed by atoms with Crippen LogP contribution in [-0.2, 0) is 18.2 Å². The standard InChI is InChI=1S/C5H10O5.H4O7P2/c6-1-3(8)5(10)4(9)2-7;1-8(2,3)7-9(4,5)6/h1,3-5,7-10H,2H2;(H2,1,2,3)(H2,4,5,6)/t3-,4-,5+;/m1./s1. The van der Waals surface area contributed by atoms with E-state index in [2.05, 4.69) is 4.31 Å². The van der Waals surface area contributed by atoms with E-state index in [4.69, 9.17) is 40.0 Å². The summed E-state index contributed by atoms with van der Waals surface area (Å²) in [5.74, 6) is 0. The second kappa shape index (κ2) is 8.84. The summed E-state index contributed by atoms with van der Waals surface area (Å²) in [4.78, 5) is 40.8. The fourth-order valence-corrected chi connectivity index (χ4v) is 1.66. The number of carbonyl (C=O) groups excluding carboxylic acids is 1. The van der Waals surface area contributed by atoms with Gasteiger partial charge < -0.3 is 44.8 Å². The maximum absolute atomic E-state index is 9.76. The molecule has 0 radical (unpaired) electrons. The minimum atomic E-state index is -5.05. The van der Waals surface area contributed by atoms with Crippen molar-refractivity contribution in [2.24, 2.45) is 0 Å². The molecule has 0 bridgehead atoms. The molecule has 0 aromatic rings. The van der Waals surface area contributed by atoms with Crippen LogP contribution < -0.4 is 0 Å². The number of phosphoric acid groups is 2. The minimum absolute atomic E-state index is 0.0869. The van der Waals surface area contributed by atoms with Gasteiger partial charge in [0.1, 0.15) is 18.3 Å². The largest absolute Gasteiger partial charge is 0.478 e. The second-order valence-corrected chi connectivity index (χ2v) is 5.55. The minimum Gasteiger partial charge on any atom is -0.394 e. The van der Waals surface area contributed by atoms with Crippen molar-refractivity contribution < 1.29 is 58.2 Å². The van der Waals surface area contributed by atoms with Gasteiger partial charge in [-0.2, -0.15) is 4.31 Å². The summed E-state index contributed by atoms with van der Waals surface area (Å²) in [6, 6.07) is 0. The van der Waals surface area contributed by atoms with Gasteiger partial charge in [-0.25, -0.2) is 9.13 Å². The van der Waals surface area contributed by atoms with E-state index in [1.54, 1.807) is 0 Å². The van der Waals surface area contributed by atoms with Gasteiger partial charge in [0.15, 0.2) is 6.29 Å². The quantitative estimate of drug-likeness (QED) is 0.175. The summed E-state index contributed by atoms with van der Waals surface area (Å²) in [6.45, 7) is -0.688. The first-order valence-electron chi connectivity index (χ1n) is 4.27. The first kappa shape index (κ1) is 21.1. The number of rotatable bonds is 6. The molecule has 0 heterocycles. The van der Waals surface area contributed by atoms with Crippen LogP contribution in [0.2, 0.25) is 0 Å². The van der Waals surface area contributed by atoms with Crippen LogP contribution in [0.5, 0.6) is 0 Å². The summed E-state index contributed by atoms with van der Waals surface area (Å²) in [7, 11) is -10.1. The molecule has 0 unspecified atom stereocenters. The van der Waals surface area contributed by atoms with Crippen LogP contribution in [0.15, 0.2) is 0 Å². The predicted molar refractivity (Wildman–Crippen MR) is 56.3 cm³/mol. The molecule has 14 heteroatoms. The van der Waals surface area contributed by atoms with Crippen molar-refractivity contribution in [3.63, 3.8) is 0 Å². The Bertz CT molecular complexity index is 324. The highest BCUT2D eigenvalue weighted by atomic mass is 31.3. The normalized spacial score (nSPS) is 16.8. The zero-order valence-electron chi connectivity index (χ0n) is 9.12. The fourth-order valence-electron chi connectivity index (χ4n) is 0.555. The molecule has 0 rings (SSSR count). The highest BCUT2D eigenvalue weighted by Crippen LogP contribution is 2.53. The van der Waals surface area contributed by atoms with Gasteiger partial charge >= 0.3 is 15.6 Å². The molecule has 0 spiro atoms. The van der Waals surface area contributed by atoms with Crippen molar-refractivity contribution in [2.75, 3.05) is 6.61 Å². The third-order valence-corrected chi connectivity index (χ3v) is 2.99. The number of carbonyl (C=O) groups is 1. The Morgan fingerprint density at radius 2 is 1.37 bits per heavy atom. The molecule has 12 nitrogen and oxygen atoms in total. The molecule has 0 aromatic heterocycles. The first-order chi connectivity index (χ1) is 8.34. The van der Waals surface area contributed by atoms with Crippen LogP contribution in [0.4, 0.5) is 0 Å². The van der Waals surface area contributed by atoms with Gasteiger partial charge in [0.2, 0.25) is 0 Å². The van der Waals surface area contributed by atoms with E-state index in [9.17, 15) is 13.9 Å². The van der Waals surface area contributed by atoms with Crippen LogP contribution in [0.25, 0.3) is 0 Å². The Labute approximate surface area is 106 Å². The van der Waals surface area contributed by atoms with Crippen LogP contribution in [-0.4, -0.2) is 71.2 Å². The monoisotopic (exact) mass is 328 g/mol. The van der Waals surface area contributed by atoms with E-state index >= 15 is 0 Å². The van der Waals surface area contributed by atoms with Gasteiger partial charge in [-0.1, -0.05) is 0 Å². The zero-order valence-corrected chi connectivity index (χ0v) is 10.9. The lowest BCUT2D eigenvalue weighted by Gasteiger charge is -2.16. The van der Waals surface area contributed by atoms with E-state index in [0.29, 0.717) is 0 Å². The third kappa shape index (κ3) is 14.0. The highest BCUT2D eigenvalue weighted by molar-refractivity contribution is 7.60. The van der Waals surface area contributed by atoms with Crippen LogP contribution >= 0.6 is 15.6 Å². The molecule has 0 fully saturated rings. The molecule has 0 amide bonds. The molecule has 0 aliphatic rings. The predicted octanol–water partition coefficient (Wildman–Crippen LogP) is -3.55. The van der Waals surface area contributed by atoms with Gasteiger partial charge in [-0.3, -0.25) is 0 Å². The van der Waals surface area contributed by atoms with Crippen molar-refractivity contribution in [1.82, 2.24) is 0 Å². The molecule has 19 heavy (non-hydrogen) atoms. The van der Waals surface area contributed by atoms with Crippen molar-refractivity contribution >= 4 is 21.9 Å². The average molecular weight is 328 g/mol. The molecule has 0 aliphatic carbocycles. The highest BCUT2D eigenvalue weighted by Gasteiger charge is 2.28. The van der Waals surface area contributed by atoms with Crippen molar-refractivity contribution in [1.29, 1.82) is 0 Å². The molecular weight excluding hydrogens is 314 g/mol. The summed E-state index contributed by atoms with van der Waals surface area (Å²) >= 11 is 0. The molecule has 0 aliphatic heterocycles. The zero-order chi connectivity index (χ0) is 15.9. The number of aliphatic hydroxyl groups excluding tert-OH is 4. The van der Waals surface area contributed by atoms with E-state index in [-0.39, 0.29) is 6.29 Å². The van der Waals surface area contributed by atoms with Gasteiger partial charge in [0.25, 0.3) is 0 Å². The summed E-state index contributed by atoms with van der Waals surface area (Å²) in [6.07, 6.45) is -4.63. The maximum atomic E-state index is 9.76. The fraction of sp³-hybridized carbons (Fsp3) is 0.800. The molecule has 0 aromatic carbocycles. The molecule has 3 atom stereocenters. The van der Waals surface area contributed by atoms with E-state index in [0.717, 1.165) is 0 Å². The average Bonchev–Trinajstić information content (AvgIpc) is 2.21. The van der Waals surface area contributed by atoms with Crippen LogP contribution in [0.3, 0.4) is 0 Å². The topological polar surface area (TPSA) is 222 Å². The first-order valence-corrected chi connectivity index (χ1v) is 7.33. The van der Waals surface area contributed by atoms with Crippen molar-refractivity contribution in [3.8, 4) is 0 Å². The number of aliphatic hydroxyl groups is 4. The van der Waals surface area contributed by atoms with Crippen molar-refractivity contribution in [3.05, 3.63) is 0 Å².